The van der Waals surface area contributed by atoms with Crippen LogP contribution in [0.5, 0.6) is 0 Å². The summed E-state index contributed by atoms with van der Waals surface area (Å²) in [5.41, 5.74) is 2.41. The fraction of sp³-hybridized carbons (Fsp3) is 0.545. The third-order valence-corrected chi connectivity index (χ3v) is 5.79. The number of likely N-dealkylation sites (tertiary alicyclic amines) is 1. The first-order valence-corrected chi connectivity index (χ1v) is 9.85. The molecule has 0 bridgehead atoms. The summed E-state index contributed by atoms with van der Waals surface area (Å²) in [5, 5.41) is 2.90. The van der Waals surface area contributed by atoms with Gasteiger partial charge in [-0.15, -0.1) is 6.58 Å². The molecule has 1 aliphatic carbocycles. The molecule has 0 aromatic heterocycles. The first kappa shape index (κ1) is 18.7. The van der Waals surface area contributed by atoms with Crippen molar-refractivity contribution in [3.63, 3.8) is 0 Å². The predicted molar refractivity (Wildman–Crippen MR) is 104 cm³/mol. The summed E-state index contributed by atoms with van der Waals surface area (Å²) >= 11 is 0. The van der Waals surface area contributed by atoms with E-state index in [9.17, 15) is 9.59 Å². The largest absolute Gasteiger partial charge is 0.352 e. The zero-order valence-corrected chi connectivity index (χ0v) is 15.7. The molecule has 4 nitrogen and oxygen atoms in total. The van der Waals surface area contributed by atoms with Crippen LogP contribution in [0.4, 0.5) is 0 Å². The van der Waals surface area contributed by atoms with Crippen LogP contribution in [0, 0.1) is 18.8 Å². The van der Waals surface area contributed by atoms with E-state index in [1.807, 2.05) is 4.90 Å². The van der Waals surface area contributed by atoms with Gasteiger partial charge in [0.15, 0.2) is 0 Å². The lowest BCUT2D eigenvalue weighted by molar-refractivity contribution is -0.142. The average Bonchev–Trinajstić information content (AvgIpc) is 3.19. The first-order valence-electron chi connectivity index (χ1n) is 9.85. The molecule has 2 aliphatic rings. The van der Waals surface area contributed by atoms with Crippen LogP contribution in [0.1, 0.15) is 55.7 Å². The molecule has 2 fully saturated rings. The van der Waals surface area contributed by atoms with E-state index in [4.69, 9.17) is 0 Å². The maximum absolute atomic E-state index is 13.2. The van der Waals surface area contributed by atoms with E-state index in [0.717, 1.165) is 38.5 Å². The van der Waals surface area contributed by atoms with Crippen LogP contribution >= 0.6 is 0 Å². The molecule has 4 heteroatoms. The van der Waals surface area contributed by atoms with Crippen molar-refractivity contribution in [2.24, 2.45) is 11.8 Å². The van der Waals surface area contributed by atoms with Crippen LogP contribution in [-0.4, -0.2) is 29.8 Å². The van der Waals surface area contributed by atoms with E-state index in [2.05, 4.69) is 43.1 Å². The number of aryl methyl sites for hydroxylation is 1. The van der Waals surface area contributed by atoms with Crippen molar-refractivity contribution in [3.05, 3.63) is 48.0 Å². The molecule has 1 saturated carbocycles. The van der Waals surface area contributed by atoms with Crippen molar-refractivity contribution < 1.29 is 9.59 Å². The number of nitrogens with zero attached hydrogens (tertiary/aromatic N) is 1. The van der Waals surface area contributed by atoms with E-state index in [1.165, 1.54) is 11.1 Å². The fourth-order valence-corrected chi connectivity index (χ4v) is 4.38. The second-order valence-corrected chi connectivity index (χ2v) is 7.71. The van der Waals surface area contributed by atoms with Gasteiger partial charge >= 0.3 is 0 Å². The first-order chi connectivity index (χ1) is 12.6. The number of benzene rings is 1. The van der Waals surface area contributed by atoms with Crippen LogP contribution in [0.25, 0.3) is 0 Å². The Bertz CT molecular complexity index is 664. The molecule has 3 rings (SSSR count). The van der Waals surface area contributed by atoms with Gasteiger partial charge in [0.05, 0.1) is 12.0 Å². The van der Waals surface area contributed by atoms with Crippen LogP contribution in [-0.2, 0) is 9.59 Å². The predicted octanol–water partition coefficient (Wildman–Crippen LogP) is 3.77. The van der Waals surface area contributed by atoms with Gasteiger partial charge in [0, 0.05) is 19.0 Å². The Kier molecular flexibility index (Phi) is 6.12. The third kappa shape index (κ3) is 4.17. The molecule has 1 aromatic rings. The summed E-state index contributed by atoms with van der Waals surface area (Å²) in [4.78, 5) is 27.7. The van der Waals surface area contributed by atoms with Gasteiger partial charge in [0.1, 0.15) is 0 Å². The molecule has 1 aromatic carbocycles. The smallest absolute Gasteiger partial charge is 0.226 e. The monoisotopic (exact) mass is 354 g/mol. The van der Waals surface area contributed by atoms with Crippen molar-refractivity contribution in [1.82, 2.24) is 10.2 Å². The van der Waals surface area contributed by atoms with Crippen LogP contribution in [0.2, 0.25) is 0 Å². The van der Waals surface area contributed by atoms with Gasteiger partial charge in [-0.3, -0.25) is 9.59 Å². The van der Waals surface area contributed by atoms with Gasteiger partial charge in [0.2, 0.25) is 11.8 Å². The Hall–Kier alpha value is -2.10. The van der Waals surface area contributed by atoms with Crippen molar-refractivity contribution in [2.45, 2.75) is 51.5 Å². The van der Waals surface area contributed by atoms with Crippen molar-refractivity contribution >= 4 is 11.8 Å². The van der Waals surface area contributed by atoms with E-state index < -0.39 is 0 Å². The minimum absolute atomic E-state index is 0.0387. The zero-order chi connectivity index (χ0) is 18.5. The molecule has 1 heterocycles. The highest BCUT2D eigenvalue weighted by Crippen LogP contribution is 2.37. The summed E-state index contributed by atoms with van der Waals surface area (Å²) in [6, 6.07) is 8.53. The Morgan fingerprint density at radius 2 is 1.96 bits per heavy atom. The molecule has 26 heavy (non-hydrogen) atoms. The molecule has 2 atom stereocenters. The topological polar surface area (TPSA) is 49.4 Å². The van der Waals surface area contributed by atoms with Gasteiger partial charge in [0.25, 0.3) is 0 Å². The zero-order valence-electron chi connectivity index (χ0n) is 15.7. The SMILES string of the molecule is C=CCNC(=O)C1CCC(c2cccc(C)c2)N(C(=O)C2CCCC2)C1. The van der Waals surface area contributed by atoms with Gasteiger partial charge in [-0.1, -0.05) is 48.7 Å². The minimum atomic E-state index is -0.124. The van der Waals surface area contributed by atoms with Gasteiger partial charge in [-0.25, -0.2) is 0 Å². The number of carbonyl (C=O) groups excluding carboxylic acids is 2. The summed E-state index contributed by atoms with van der Waals surface area (Å²) in [5.74, 6) is 0.297. The number of hydrogen-bond acceptors (Lipinski definition) is 2. The molecular weight excluding hydrogens is 324 g/mol. The molecule has 1 saturated heterocycles. The van der Waals surface area contributed by atoms with Crippen molar-refractivity contribution in [1.29, 1.82) is 0 Å². The molecule has 1 N–H and O–H groups in total. The number of hydrogen-bond donors (Lipinski definition) is 1. The number of rotatable bonds is 5. The van der Waals surface area contributed by atoms with Crippen LogP contribution in [0.15, 0.2) is 36.9 Å². The maximum atomic E-state index is 13.2. The Labute approximate surface area is 156 Å². The second-order valence-electron chi connectivity index (χ2n) is 7.71. The molecular formula is C22H30N2O2. The summed E-state index contributed by atoms with van der Waals surface area (Å²) in [7, 11) is 0. The third-order valence-electron chi connectivity index (χ3n) is 5.79. The van der Waals surface area contributed by atoms with Gasteiger partial charge in [-0.2, -0.15) is 0 Å². The fourth-order valence-electron chi connectivity index (χ4n) is 4.38. The average molecular weight is 354 g/mol. The molecule has 2 unspecified atom stereocenters. The molecule has 1 aliphatic heterocycles. The maximum Gasteiger partial charge on any atom is 0.226 e. The van der Waals surface area contributed by atoms with Crippen LogP contribution < -0.4 is 5.32 Å². The van der Waals surface area contributed by atoms with E-state index in [-0.39, 0.29) is 29.7 Å². The summed E-state index contributed by atoms with van der Waals surface area (Å²) < 4.78 is 0. The quantitative estimate of drug-likeness (QED) is 0.819. The number of carbonyl (C=O) groups is 2. The summed E-state index contributed by atoms with van der Waals surface area (Å²) in [6.45, 7) is 6.74. The van der Waals surface area contributed by atoms with Crippen molar-refractivity contribution in [3.8, 4) is 0 Å². The molecule has 0 spiro atoms. The minimum Gasteiger partial charge on any atom is -0.352 e. The lowest BCUT2D eigenvalue weighted by Gasteiger charge is -2.41. The lowest BCUT2D eigenvalue weighted by atomic mass is 9.86. The Balaban J connectivity index is 1.80. The highest BCUT2D eigenvalue weighted by atomic mass is 16.2. The molecule has 0 radical (unpaired) electrons. The normalized spacial score (nSPS) is 23.7. The summed E-state index contributed by atoms with van der Waals surface area (Å²) in [6.07, 6.45) is 7.61. The van der Waals surface area contributed by atoms with Crippen LogP contribution in [0.3, 0.4) is 0 Å². The van der Waals surface area contributed by atoms with Gasteiger partial charge < -0.3 is 10.2 Å². The van der Waals surface area contributed by atoms with Crippen molar-refractivity contribution in [2.75, 3.05) is 13.1 Å². The van der Waals surface area contributed by atoms with E-state index in [0.29, 0.717) is 13.1 Å². The Morgan fingerprint density at radius 1 is 1.19 bits per heavy atom. The lowest BCUT2D eigenvalue weighted by Crippen LogP contribution is -2.48. The highest BCUT2D eigenvalue weighted by molar-refractivity contribution is 5.83. The second kappa shape index (κ2) is 8.52. The molecule has 2 amide bonds. The standard InChI is InChI=1S/C22H30N2O2/c1-3-13-23-21(25)19-11-12-20(18-10-6-7-16(2)14-18)24(15-19)22(26)17-8-4-5-9-17/h3,6-7,10,14,17,19-20H,1,4-5,8-9,11-13,15H2,2H3,(H,23,25). The number of amides is 2. The van der Waals surface area contributed by atoms with E-state index in [1.54, 1.807) is 6.08 Å². The number of nitrogens with one attached hydrogen (secondary N) is 1. The molecule has 140 valence electrons. The highest BCUT2D eigenvalue weighted by Gasteiger charge is 2.38. The Morgan fingerprint density at radius 3 is 2.65 bits per heavy atom. The number of piperidine rings is 1. The van der Waals surface area contributed by atoms with E-state index >= 15 is 0 Å². The van der Waals surface area contributed by atoms with Gasteiger partial charge in [-0.05, 0) is 38.2 Å².